The van der Waals surface area contributed by atoms with Gasteiger partial charge in [-0.25, -0.2) is 0 Å². The molecule has 106 valence electrons. The average molecular weight is 303 g/mol. The number of hydrogen-bond acceptors (Lipinski definition) is 6. The van der Waals surface area contributed by atoms with Crippen molar-refractivity contribution in [1.29, 1.82) is 5.26 Å². The number of nitriles is 1. The first-order valence-corrected chi connectivity index (χ1v) is 6.71. The van der Waals surface area contributed by atoms with E-state index in [4.69, 9.17) is 5.26 Å². The highest BCUT2D eigenvalue weighted by Gasteiger charge is 2.34. The van der Waals surface area contributed by atoms with Gasteiger partial charge in [-0.15, -0.1) is 0 Å². The minimum absolute atomic E-state index is 0.0491. The van der Waals surface area contributed by atoms with Crippen LogP contribution in [0.4, 0.5) is 10.5 Å². The first kappa shape index (κ1) is 14.7. The van der Waals surface area contributed by atoms with Crippen molar-refractivity contribution in [2.75, 3.05) is 6.54 Å². The highest BCUT2D eigenvalue weighted by Crippen LogP contribution is 2.32. The number of nitro groups is 1. The summed E-state index contributed by atoms with van der Waals surface area (Å²) in [5.74, 6) is -0.480. The molecule has 1 aliphatic heterocycles. The second-order valence-electron chi connectivity index (χ2n) is 4.09. The fraction of sp³-hybridized carbons (Fsp3) is 0.154. The second-order valence-corrected chi connectivity index (χ2v) is 5.09. The van der Waals surface area contributed by atoms with Crippen LogP contribution in [-0.4, -0.2) is 27.5 Å². The quantitative estimate of drug-likeness (QED) is 0.481. The minimum Gasteiger partial charge on any atom is -0.268 e. The molecule has 7 nitrogen and oxygen atoms in total. The Kier molecular flexibility index (Phi) is 4.35. The Balaban J connectivity index is 2.24. The van der Waals surface area contributed by atoms with E-state index in [0.29, 0.717) is 5.56 Å². The zero-order chi connectivity index (χ0) is 15.4. The molecule has 0 atom stereocenters. The third-order valence-corrected chi connectivity index (χ3v) is 3.61. The van der Waals surface area contributed by atoms with Crippen LogP contribution in [0.2, 0.25) is 0 Å². The number of benzene rings is 1. The molecule has 21 heavy (non-hydrogen) atoms. The van der Waals surface area contributed by atoms with Gasteiger partial charge in [0, 0.05) is 18.7 Å². The van der Waals surface area contributed by atoms with Crippen molar-refractivity contribution in [3.63, 3.8) is 0 Å². The van der Waals surface area contributed by atoms with Gasteiger partial charge < -0.3 is 0 Å². The fourth-order valence-electron chi connectivity index (χ4n) is 1.73. The number of nitro benzene ring substituents is 1. The van der Waals surface area contributed by atoms with Crippen LogP contribution in [-0.2, 0) is 4.79 Å². The smallest absolute Gasteiger partial charge is 0.268 e. The third kappa shape index (κ3) is 3.27. The Morgan fingerprint density at radius 2 is 2.19 bits per heavy atom. The Bertz CT molecular complexity index is 693. The summed E-state index contributed by atoms with van der Waals surface area (Å²) in [6.45, 7) is 0.0491. The van der Waals surface area contributed by atoms with E-state index in [-0.39, 0.29) is 23.6 Å². The van der Waals surface area contributed by atoms with Crippen LogP contribution in [0.5, 0.6) is 0 Å². The molecule has 1 aromatic carbocycles. The average Bonchev–Trinajstić information content (AvgIpc) is 2.72. The first-order chi connectivity index (χ1) is 10.0. The normalized spacial score (nSPS) is 16.3. The third-order valence-electron chi connectivity index (χ3n) is 2.70. The van der Waals surface area contributed by atoms with E-state index in [1.165, 1.54) is 24.3 Å². The van der Waals surface area contributed by atoms with Crippen molar-refractivity contribution in [2.45, 2.75) is 6.42 Å². The Morgan fingerprint density at radius 3 is 2.86 bits per heavy atom. The highest BCUT2D eigenvalue weighted by molar-refractivity contribution is 8.18. The molecular weight excluding hydrogens is 294 g/mol. The number of hydrogen-bond donors (Lipinski definition) is 0. The molecule has 1 fully saturated rings. The maximum atomic E-state index is 12.0. The van der Waals surface area contributed by atoms with Crippen molar-refractivity contribution in [1.82, 2.24) is 4.90 Å². The number of nitrogens with zero attached hydrogens (tertiary/aromatic N) is 3. The molecule has 1 heterocycles. The molecule has 1 saturated heterocycles. The van der Waals surface area contributed by atoms with Gasteiger partial charge in [-0.3, -0.25) is 24.6 Å². The zero-order valence-electron chi connectivity index (χ0n) is 10.7. The summed E-state index contributed by atoms with van der Waals surface area (Å²) in [5.41, 5.74) is 0.377. The molecule has 0 N–H and O–H groups in total. The Hall–Kier alpha value is -2.66. The lowest BCUT2D eigenvalue weighted by molar-refractivity contribution is -0.384. The van der Waals surface area contributed by atoms with Gasteiger partial charge >= 0.3 is 0 Å². The predicted octanol–water partition coefficient (Wildman–Crippen LogP) is 2.54. The number of rotatable bonds is 4. The van der Waals surface area contributed by atoms with Crippen molar-refractivity contribution in [2.24, 2.45) is 0 Å². The number of carbonyl (C=O) groups is 2. The van der Waals surface area contributed by atoms with Gasteiger partial charge in [0.25, 0.3) is 16.8 Å². The zero-order valence-corrected chi connectivity index (χ0v) is 11.5. The molecule has 0 saturated carbocycles. The molecule has 1 aliphatic rings. The van der Waals surface area contributed by atoms with E-state index < -0.39 is 16.1 Å². The van der Waals surface area contributed by atoms with Gasteiger partial charge in [0.05, 0.1) is 22.3 Å². The van der Waals surface area contributed by atoms with Gasteiger partial charge in [-0.05, 0) is 23.4 Å². The van der Waals surface area contributed by atoms with Crippen LogP contribution in [0, 0.1) is 21.4 Å². The van der Waals surface area contributed by atoms with Crippen molar-refractivity contribution in [3.05, 3.63) is 44.8 Å². The van der Waals surface area contributed by atoms with Gasteiger partial charge in [-0.2, -0.15) is 5.26 Å². The van der Waals surface area contributed by atoms with Crippen LogP contribution in [0.15, 0.2) is 29.2 Å². The van der Waals surface area contributed by atoms with Crippen LogP contribution in [0.3, 0.4) is 0 Å². The van der Waals surface area contributed by atoms with Crippen LogP contribution < -0.4 is 0 Å². The maximum Gasteiger partial charge on any atom is 0.293 e. The van der Waals surface area contributed by atoms with E-state index in [1.54, 1.807) is 6.07 Å². The number of amides is 2. The molecule has 8 heteroatoms. The van der Waals surface area contributed by atoms with E-state index in [0.717, 1.165) is 16.7 Å². The summed E-state index contributed by atoms with van der Waals surface area (Å²) in [5, 5.41) is 18.8. The topological polar surface area (TPSA) is 104 Å². The molecule has 0 aliphatic carbocycles. The maximum absolute atomic E-state index is 12.0. The summed E-state index contributed by atoms with van der Waals surface area (Å²) in [7, 11) is 0. The van der Waals surface area contributed by atoms with Gasteiger partial charge in [0.2, 0.25) is 0 Å². The molecule has 0 aromatic heterocycles. The first-order valence-electron chi connectivity index (χ1n) is 5.89. The second kappa shape index (κ2) is 6.19. The van der Waals surface area contributed by atoms with E-state index in [2.05, 4.69) is 0 Å². The van der Waals surface area contributed by atoms with Crippen LogP contribution >= 0.6 is 11.8 Å². The Morgan fingerprint density at radius 1 is 1.43 bits per heavy atom. The SMILES string of the molecule is N#CCCN1C(=O)S/C(=C\c2cccc([N+](=O)[O-])c2)C1=O. The summed E-state index contributed by atoms with van der Waals surface area (Å²) in [4.78, 5) is 35.0. The van der Waals surface area contributed by atoms with Crippen molar-refractivity contribution < 1.29 is 14.5 Å². The lowest BCUT2D eigenvalue weighted by Gasteiger charge is -2.08. The molecule has 0 spiro atoms. The lowest BCUT2D eigenvalue weighted by atomic mass is 10.2. The summed E-state index contributed by atoms with van der Waals surface area (Å²) < 4.78 is 0. The minimum atomic E-state index is -0.532. The predicted molar refractivity (Wildman–Crippen MR) is 76.0 cm³/mol. The molecular formula is C13H9N3O4S. The molecule has 1 aromatic rings. The van der Waals surface area contributed by atoms with Gasteiger partial charge in [0.15, 0.2) is 0 Å². The summed E-state index contributed by atoms with van der Waals surface area (Å²) in [6.07, 6.45) is 1.51. The monoisotopic (exact) mass is 303 g/mol. The number of thioether (sulfide) groups is 1. The van der Waals surface area contributed by atoms with Crippen LogP contribution in [0.1, 0.15) is 12.0 Å². The number of imide groups is 1. The number of carbonyl (C=O) groups excluding carboxylic acids is 2. The van der Waals surface area contributed by atoms with Crippen molar-refractivity contribution >= 4 is 34.7 Å². The molecule has 2 amide bonds. The molecule has 2 rings (SSSR count). The fourth-order valence-corrected chi connectivity index (χ4v) is 2.60. The molecule has 0 unspecified atom stereocenters. The van der Waals surface area contributed by atoms with Gasteiger partial charge in [0.1, 0.15) is 0 Å². The molecule has 0 bridgehead atoms. The lowest BCUT2D eigenvalue weighted by Crippen LogP contribution is -2.28. The summed E-state index contributed by atoms with van der Waals surface area (Å²) >= 11 is 0.761. The largest absolute Gasteiger partial charge is 0.293 e. The van der Waals surface area contributed by atoms with Gasteiger partial charge in [-0.1, -0.05) is 12.1 Å². The van der Waals surface area contributed by atoms with E-state index in [1.807, 2.05) is 6.07 Å². The van der Waals surface area contributed by atoms with E-state index >= 15 is 0 Å². The Labute approximate surface area is 124 Å². The van der Waals surface area contributed by atoms with E-state index in [9.17, 15) is 19.7 Å². The van der Waals surface area contributed by atoms with Crippen LogP contribution in [0.25, 0.3) is 6.08 Å². The number of non-ortho nitro benzene ring substituents is 1. The standard InChI is InChI=1S/C13H9N3O4S/c14-5-2-6-15-12(17)11(21-13(15)18)8-9-3-1-4-10(7-9)16(19)20/h1,3-4,7-8H,2,6H2/b11-8-. The summed E-state index contributed by atoms with van der Waals surface area (Å²) in [6, 6.07) is 7.65. The molecule has 0 radical (unpaired) electrons. The highest BCUT2D eigenvalue weighted by atomic mass is 32.2. The van der Waals surface area contributed by atoms with Crippen molar-refractivity contribution in [3.8, 4) is 6.07 Å².